The van der Waals surface area contributed by atoms with Gasteiger partial charge in [0.15, 0.2) is 6.79 Å². The predicted molar refractivity (Wildman–Crippen MR) is 60.2 cm³/mol. The molecular formula is C10H11BrO5. The van der Waals surface area contributed by atoms with Gasteiger partial charge in [-0.1, -0.05) is 0 Å². The Bertz CT molecular complexity index is 391. The van der Waals surface area contributed by atoms with E-state index in [0.717, 1.165) is 0 Å². The summed E-state index contributed by atoms with van der Waals surface area (Å²) in [4.78, 5) is 10.8. The summed E-state index contributed by atoms with van der Waals surface area (Å²) in [6.07, 6.45) is 0. The van der Waals surface area contributed by atoms with Crippen LogP contribution in [0.25, 0.3) is 0 Å². The van der Waals surface area contributed by atoms with Crippen molar-refractivity contribution < 1.29 is 24.1 Å². The van der Waals surface area contributed by atoms with E-state index in [0.29, 0.717) is 16.0 Å². The lowest BCUT2D eigenvalue weighted by atomic mass is 10.2. The lowest BCUT2D eigenvalue weighted by Gasteiger charge is -2.11. The van der Waals surface area contributed by atoms with Crippen molar-refractivity contribution in [3.05, 3.63) is 22.2 Å². The Morgan fingerprint density at radius 1 is 1.38 bits per heavy atom. The molecule has 1 rings (SSSR count). The number of aromatic carboxylic acids is 1. The van der Waals surface area contributed by atoms with Crippen LogP contribution in [-0.4, -0.2) is 32.1 Å². The van der Waals surface area contributed by atoms with Crippen LogP contribution in [0.5, 0.6) is 11.5 Å². The Hall–Kier alpha value is -1.27. The van der Waals surface area contributed by atoms with Gasteiger partial charge >= 0.3 is 5.97 Å². The number of methoxy groups -OCH3 is 2. The summed E-state index contributed by atoms with van der Waals surface area (Å²) in [5, 5.41) is 8.89. The zero-order valence-corrected chi connectivity index (χ0v) is 10.4. The number of carbonyl (C=O) groups is 1. The molecule has 1 aromatic rings. The predicted octanol–water partition coefficient (Wildman–Crippen LogP) is 2.14. The van der Waals surface area contributed by atoms with Crippen LogP contribution in [-0.2, 0) is 4.74 Å². The first-order valence-corrected chi connectivity index (χ1v) is 5.12. The molecule has 1 N–H and O–H groups in total. The maximum Gasteiger partial charge on any atom is 0.335 e. The van der Waals surface area contributed by atoms with Gasteiger partial charge in [-0.15, -0.1) is 0 Å². The van der Waals surface area contributed by atoms with Crippen molar-refractivity contribution in [2.75, 3.05) is 21.0 Å². The second-order valence-electron chi connectivity index (χ2n) is 2.85. The zero-order chi connectivity index (χ0) is 12.1. The van der Waals surface area contributed by atoms with Gasteiger partial charge in [0.25, 0.3) is 0 Å². The van der Waals surface area contributed by atoms with E-state index in [1.807, 2.05) is 0 Å². The van der Waals surface area contributed by atoms with Crippen molar-refractivity contribution in [3.63, 3.8) is 0 Å². The minimum atomic E-state index is -1.05. The van der Waals surface area contributed by atoms with Crippen molar-refractivity contribution in [2.45, 2.75) is 0 Å². The molecule has 0 aromatic heterocycles. The molecule has 0 aliphatic heterocycles. The fourth-order valence-corrected chi connectivity index (χ4v) is 1.58. The molecule has 0 spiro atoms. The Morgan fingerprint density at radius 3 is 2.50 bits per heavy atom. The van der Waals surface area contributed by atoms with E-state index < -0.39 is 5.97 Å². The van der Waals surface area contributed by atoms with E-state index in [9.17, 15) is 4.79 Å². The van der Waals surface area contributed by atoms with Gasteiger partial charge in [0.2, 0.25) is 0 Å². The third-order valence-corrected chi connectivity index (χ3v) is 2.59. The number of hydrogen-bond donors (Lipinski definition) is 1. The summed E-state index contributed by atoms with van der Waals surface area (Å²) in [6, 6.07) is 2.81. The summed E-state index contributed by atoms with van der Waals surface area (Å²) in [6.45, 7) is 0.0326. The highest BCUT2D eigenvalue weighted by Crippen LogP contribution is 2.35. The normalized spacial score (nSPS) is 9.94. The standard InChI is InChI=1S/C10H11BrO5/c1-14-5-16-8-4-6(10(12)13)3-7(15-2)9(8)11/h3-4H,5H2,1-2H3,(H,12,13). The molecule has 88 valence electrons. The topological polar surface area (TPSA) is 65.0 Å². The molecule has 6 heteroatoms. The van der Waals surface area contributed by atoms with Crippen molar-refractivity contribution in [1.82, 2.24) is 0 Å². The Kier molecular flexibility index (Phi) is 4.57. The van der Waals surface area contributed by atoms with Crippen LogP contribution in [0.4, 0.5) is 0 Å². The fourth-order valence-electron chi connectivity index (χ4n) is 1.07. The summed E-state index contributed by atoms with van der Waals surface area (Å²) in [7, 11) is 2.93. The van der Waals surface area contributed by atoms with Crippen LogP contribution < -0.4 is 9.47 Å². The molecule has 0 aliphatic rings. The lowest BCUT2D eigenvalue weighted by Crippen LogP contribution is -2.03. The first-order valence-electron chi connectivity index (χ1n) is 4.32. The molecule has 0 fully saturated rings. The highest BCUT2D eigenvalue weighted by Gasteiger charge is 2.14. The molecular weight excluding hydrogens is 280 g/mol. The number of carboxylic acid groups (broad SMARTS) is 1. The number of carboxylic acids is 1. The van der Waals surface area contributed by atoms with Crippen molar-refractivity contribution >= 4 is 21.9 Å². The van der Waals surface area contributed by atoms with Gasteiger partial charge in [-0.2, -0.15) is 0 Å². The highest BCUT2D eigenvalue weighted by atomic mass is 79.9. The second kappa shape index (κ2) is 5.72. The number of ether oxygens (including phenoxy) is 3. The first-order chi connectivity index (χ1) is 7.60. The molecule has 0 bridgehead atoms. The molecule has 0 saturated heterocycles. The van der Waals surface area contributed by atoms with Crippen molar-refractivity contribution in [1.29, 1.82) is 0 Å². The fraction of sp³-hybridized carbons (Fsp3) is 0.300. The van der Waals surface area contributed by atoms with Gasteiger partial charge in [0.05, 0.1) is 12.7 Å². The van der Waals surface area contributed by atoms with Crippen molar-refractivity contribution in [2.24, 2.45) is 0 Å². The van der Waals surface area contributed by atoms with E-state index in [4.69, 9.17) is 19.3 Å². The number of rotatable bonds is 5. The summed E-state index contributed by atoms with van der Waals surface area (Å²) in [5.74, 6) is -0.294. The van der Waals surface area contributed by atoms with E-state index in [2.05, 4.69) is 15.9 Å². The van der Waals surface area contributed by atoms with E-state index >= 15 is 0 Å². The molecule has 0 heterocycles. The molecule has 0 unspecified atom stereocenters. The summed E-state index contributed by atoms with van der Waals surface area (Å²) in [5.41, 5.74) is 0.0890. The van der Waals surface area contributed by atoms with Gasteiger partial charge in [-0.3, -0.25) is 0 Å². The molecule has 1 aromatic carbocycles. The van der Waals surface area contributed by atoms with Crippen LogP contribution in [0.3, 0.4) is 0 Å². The first kappa shape index (κ1) is 12.8. The molecule has 0 atom stereocenters. The Balaban J connectivity index is 3.13. The Labute approximate surface area is 101 Å². The zero-order valence-electron chi connectivity index (χ0n) is 8.82. The Morgan fingerprint density at radius 2 is 2.00 bits per heavy atom. The van der Waals surface area contributed by atoms with Crippen LogP contribution >= 0.6 is 15.9 Å². The molecule has 0 aliphatic carbocycles. The van der Waals surface area contributed by atoms with Crippen molar-refractivity contribution in [3.8, 4) is 11.5 Å². The average Bonchev–Trinajstić information content (AvgIpc) is 2.27. The van der Waals surface area contributed by atoms with Gasteiger partial charge in [-0.25, -0.2) is 4.79 Å². The van der Waals surface area contributed by atoms with Gasteiger partial charge < -0.3 is 19.3 Å². The van der Waals surface area contributed by atoms with Gasteiger partial charge in [0.1, 0.15) is 16.0 Å². The summed E-state index contributed by atoms with van der Waals surface area (Å²) < 4.78 is 15.5. The number of halogens is 1. The second-order valence-corrected chi connectivity index (χ2v) is 3.64. The molecule has 0 saturated carbocycles. The molecule has 16 heavy (non-hydrogen) atoms. The monoisotopic (exact) mass is 290 g/mol. The maximum absolute atomic E-state index is 10.8. The molecule has 5 nitrogen and oxygen atoms in total. The van der Waals surface area contributed by atoms with E-state index in [1.54, 1.807) is 0 Å². The minimum Gasteiger partial charge on any atom is -0.495 e. The largest absolute Gasteiger partial charge is 0.495 e. The lowest BCUT2D eigenvalue weighted by molar-refractivity contribution is 0.0500. The van der Waals surface area contributed by atoms with E-state index in [1.165, 1.54) is 26.4 Å². The quantitative estimate of drug-likeness (QED) is 0.842. The van der Waals surface area contributed by atoms with Crippen LogP contribution in [0, 0.1) is 0 Å². The van der Waals surface area contributed by atoms with Crippen LogP contribution in [0.2, 0.25) is 0 Å². The van der Waals surface area contributed by atoms with Crippen LogP contribution in [0.15, 0.2) is 16.6 Å². The SMILES string of the molecule is COCOc1cc(C(=O)O)cc(OC)c1Br. The third-order valence-electron chi connectivity index (χ3n) is 1.80. The number of benzene rings is 1. The summed E-state index contributed by atoms with van der Waals surface area (Å²) >= 11 is 3.26. The maximum atomic E-state index is 10.8. The van der Waals surface area contributed by atoms with Gasteiger partial charge in [0, 0.05) is 7.11 Å². The highest BCUT2D eigenvalue weighted by molar-refractivity contribution is 9.10. The third kappa shape index (κ3) is 2.86. The van der Waals surface area contributed by atoms with Crippen LogP contribution in [0.1, 0.15) is 10.4 Å². The smallest absolute Gasteiger partial charge is 0.335 e. The average molecular weight is 291 g/mol. The molecule has 0 amide bonds. The minimum absolute atomic E-state index is 0.0326. The number of hydrogen-bond acceptors (Lipinski definition) is 4. The van der Waals surface area contributed by atoms with E-state index in [-0.39, 0.29) is 12.4 Å². The molecule has 0 radical (unpaired) electrons. The van der Waals surface area contributed by atoms with Gasteiger partial charge in [-0.05, 0) is 28.1 Å².